The van der Waals surface area contributed by atoms with Crippen molar-refractivity contribution in [2.75, 3.05) is 47.5 Å². The Morgan fingerprint density at radius 1 is 0.649 bits per heavy atom. The lowest BCUT2D eigenvalue weighted by atomic mass is 10.1. The van der Waals surface area contributed by atoms with Gasteiger partial charge >= 0.3 is 11.9 Å². The molecule has 1 N–H and O–H groups in total. The number of quaternary nitrogens is 1. The molecule has 0 saturated carbocycles. The van der Waals surface area contributed by atoms with E-state index in [1.165, 1.54) is 0 Å². The van der Waals surface area contributed by atoms with Crippen molar-refractivity contribution in [3.05, 3.63) is 85.1 Å². The number of nitrogens with zero attached hydrogens (tertiary/aromatic N) is 1. The molecule has 0 rings (SSSR count). The number of rotatable bonds is 37. The van der Waals surface area contributed by atoms with E-state index in [0.717, 1.165) is 89.9 Å². The molecule has 0 amide bonds. The number of unbranched alkanes of at least 4 members (excludes halogenated alkanes) is 7. The average Bonchev–Trinajstić information content (AvgIpc) is 3.16. The Labute approximate surface area is 346 Å². The molecule has 0 saturated heterocycles. The molecule has 10 nitrogen and oxygen atoms in total. The molecule has 0 aliphatic carbocycles. The maximum Gasteiger partial charge on any atom is 0.306 e. The van der Waals surface area contributed by atoms with Crippen molar-refractivity contribution in [3.63, 3.8) is 0 Å². The van der Waals surface area contributed by atoms with E-state index >= 15 is 0 Å². The Morgan fingerprint density at radius 3 is 1.77 bits per heavy atom. The van der Waals surface area contributed by atoms with E-state index in [-0.39, 0.29) is 32.2 Å². The van der Waals surface area contributed by atoms with Gasteiger partial charge in [0.2, 0.25) is 0 Å². The van der Waals surface area contributed by atoms with E-state index < -0.39 is 32.5 Å². The number of allylic oxidation sites excluding steroid dienone is 13. The van der Waals surface area contributed by atoms with Crippen LogP contribution in [-0.4, -0.2) is 81.2 Å². The highest BCUT2D eigenvalue weighted by molar-refractivity contribution is 7.45. The first-order valence-corrected chi connectivity index (χ1v) is 22.8. The lowest BCUT2D eigenvalue weighted by Crippen LogP contribution is -2.37. The van der Waals surface area contributed by atoms with Gasteiger partial charge in [0.05, 0.1) is 33.9 Å². The van der Waals surface area contributed by atoms with E-state index in [1.54, 1.807) is 0 Å². The maximum absolute atomic E-state index is 12.6. The van der Waals surface area contributed by atoms with Gasteiger partial charge in [0.15, 0.2) is 6.10 Å². The first kappa shape index (κ1) is 54.2. The average molecular weight is 820 g/mol. The van der Waals surface area contributed by atoms with Crippen LogP contribution < -0.4 is 4.89 Å². The molecular weight excluding hydrogens is 741 g/mol. The third-order valence-electron chi connectivity index (χ3n) is 8.47. The molecule has 0 aromatic rings. The summed E-state index contributed by atoms with van der Waals surface area (Å²) >= 11 is 0. The third kappa shape index (κ3) is 41.1. The van der Waals surface area contributed by atoms with Gasteiger partial charge in [-0.15, -0.1) is 0 Å². The number of aliphatic hydroxyl groups excluding tert-OH is 1. The highest BCUT2D eigenvalue weighted by Gasteiger charge is 2.21. The Bertz CT molecular complexity index is 1260. The number of esters is 2. The van der Waals surface area contributed by atoms with Gasteiger partial charge in [-0.05, 0) is 77.0 Å². The van der Waals surface area contributed by atoms with Crippen molar-refractivity contribution in [3.8, 4) is 0 Å². The van der Waals surface area contributed by atoms with Gasteiger partial charge in [0.25, 0.3) is 7.82 Å². The molecule has 0 radical (unpaired) electrons. The number of hydrogen-bond donors (Lipinski definition) is 1. The number of likely N-dealkylation sites (N-methyl/N-ethyl adjacent to an activating group) is 1. The van der Waals surface area contributed by atoms with Crippen LogP contribution in [0.3, 0.4) is 0 Å². The van der Waals surface area contributed by atoms with Gasteiger partial charge in [0.1, 0.15) is 19.8 Å². The number of ether oxygens (including phenoxy) is 2. The van der Waals surface area contributed by atoms with Crippen LogP contribution >= 0.6 is 7.82 Å². The quantitative estimate of drug-likeness (QED) is 0.0214. The zero-order chi connectivity index (χ0) is 42.3. The smallest absolute Gasteiger partial charge is 0.306 e. The fourth-order valence-electron chi connectivity index (χ4n) is 5.09. The summed E-state index contributed by atoms with van der Waals surface area (Å²) in [7, 11) is 1.08. The third-order valence-corrected chi connectivity index (χ3v) is 9.43. The molecule has 326 valence electrons. The molecule has 0 spiro atoms. The van der Waals surface area contributed by atoms with Gasteiger partial charge in [0, 0.05) is 12.8 Å². The maximum atomic E-state index is 12.6. The Kier molecular flexibility index (Phi) is 35.6. The van der Waals surface area contributed by atoms with E-state index in [4.69, 9.17) is 18.5 Å². The Morgan fingerprint density at radius 2 is 1.18 bits per heavy atom. The van der Waals surface area contributed by atoms with Gasteiger partial charge in [-0.1, -0.05) is 131 Å². The zero-order valence-corrected chi connectivity index (χ0v) is 37.0. The lowest BCUT2D eigenvalue weighted by Gasteiger charge is -2.28. The van der Waals surface area contributed by atoms with Gasteiger partial charge in [-0.2, -0.15) is 0 Å². The molecule has 0 fully saturated rings. The van der Waals surface area contributed by atoms with Crippen molar-refractivity contribution in [2.24, 2.45) is 0 Å². The first-order valence-electron chi connectivity index (χ1n) is 21.4. The highest BCUT2D eigenvalue weighted by atomic mass is 31.2. The minimum Gasteiger partial charge on any atom is -0.756 e. The fourth-order valence-corrected chi connectivity index (χ4v) is 5.82. The summed E-state index contributed by atoms with van der Waals surface area (Å²) < 4.78 is 33.7. The summed E-state index contributed by atoms with van der Waals surface area (Å²) in [6.07, 6.45) is 43.8. The molecular formula is C46H78NO9P. The number of hydrogen-bond acceptors (Lipinski definition) is 9. The predicted octanol–water partition coefficient (Wildman–Crippen LogP) is 10.4. The van der Waals surface area contributed by atoms with Gasteiger partial charge in [-0.3, -0.25) is 14.2 Å². The Balaban J connectivity index is 4.55. The van der Waals surface area contributed by atoms with Crippen LogP contribution in [-0.2, 0) is 32.7 Å². The summed E-state index contributed by atoms with van der Waals surface area (Å²) in [6.45, 7) is 3.83. The molecule has 0 bridgehead atoms. The second-order valence-corrected chi connectivity index (χ2v) is 16.5. The van der Waals surface area contributed by atoms with E-state index in [9.17, 15) is 24.2 Å². The van der Waals surface area contributed by atoms with Gasteiger partial charge in [-0.25, -0.2) is 0 Å². The normalized spacial score (nSPS) is 15.0. The lowest BCUT2D eigenvalue weighted by molar-refractivity contribution is -0.870. The number of phosphoric ester groups is 1. The summed E-state index contributed by atoms with van der Waals surface area (Å²) in [6, 6.07) is 0. The molecule has 0 aromatic heterocycles. The van der Waals surface area contributed by atoms with Crippen molar-refractivity contribution >= 4 is 19.8 Å². The number of carbonyl (C=O) groups excluding carboxylic acids is 2. The van der Waals surface area contributed by atoms with Crippen LogP contribution in [0.2, 0.25) is 0 Å². The molecule has 0 aromatic carbocycles. The topological polar surface area (TPSA) is 131 Å². The monoisotopic (exact) mass is 820 g/mol. The summed E-state index contributed by atoms with van der Waals surface area (Å²) in [4.78, 5) is 37.5. The van der Waals surface area contributed by atoms with E-state index in [0.29, 0.717) is 30.3 Å². The minimum atomic E-state index is -4.66. The molecule has 0 aliphatic heterocycles. The summed E-state index contributed by atoms with van der Waals surface area (Å²) in [5.41, 5.74) is 0. The zero-order valence-electron chi connectivity index (χ0n) is 36.1. The van der Waals surface area contributed by atoms with E-state index in [1.807, 2.05) is 45.4 Å². The molecule has 0 heterocycles. The second kappa shape index (κ2) is 37.4. The summed E-state index contributed by atoms with van der Waals surface area (Å²) in [5, 5.41) is 9.82. The SMILES string of the molecule is CC/C=C\C/C=C\C/C=C\CCCCCCCC(=O)OC[C@H](COP(=O)([O-])OCC[N+](C)(C)C)OC(=O)CCC/C=C\C/C=C\C/C=C\C/C=C\[C@H](O)CCCC. The number of phosphoric acid groups is 1. The fraction of sp³-hybridized carbons (Fsp3) is 0.652. The van der Waals surface area contributed by atoms with Gasteiger partial charge < -0.3 is 33.0 Å². The minimum absolute atomic E-state index is 0.0562. The van der Waals surface area contributed by atoms with Crippen molar-refractivity contribution in [1.82, 2.24) is 0 Å². The predicted molar refractivity (Wildman–Crippen MR) is 232 cm³/mol. The van der Waals surface area contributed by atoms with E-state index in [2.05, 4.69) is 74.6 Å². The van der Waals surface area contributed by atoms with Crippen molar-refractivity contribution in [1.29, 1.82) is 0 Å². The molecule has 57 heavy (non-hydrogen) atoms. The molecule has 3 atom stereocenters. The van der Waals surface area contributed by atoms with Crippen LogP contribution in [0.25, 0.3) is 0 Å². The number of carbonyl (C=O) groups is 2. The molecule has 11 heteroatoms. The van der Waals surface area contributed by atoms with Crippen molar-refractivity contribution < 1.29 is 47.2 Å². The van der Waals surface area contributed by atoms with Crippen LogP contribution in [0.5, 0.6) is 0 Å². The Hall–Kier alpha value is -2.85. The van der Waals surface area contributed by atoms with Crippen LogP contribution in [0, 0.1) is 0 Å². The van der Waals surface area contributed by atoms with Crippen LogP contribution in [0.1, 0.15) is 136 Å². The van der Waals surface area contributed by atoms with Crippen molar-refractivity contribution in [2.45, 2.75) is 148 Å². The standard InChI is InChI=1S/C46H78NO9P/c1-6-8-10-11-12-13-14-15-16-17-21-24-27-30-33-37-45(49)53-41-44(42-55-57(51,52)54-40-39-47(3,4)5)56-46(50)38-34-31-28-25-22-19-18-20-23-26-29-32-36-43(48)35-9-7-2/h8,10,12-13,15-16,18-19,23,25-26,28,32,36,43-44,48H,6-7,9,11,14,17,20-22,24,27,29-31,33-35,37-42H2,1-5H3/b10-8-,13-12-,16-15-,19-18-,26-23-,28-25-,36-32-/t43-,44-/m1/s1. The summed E-state index contributed by atoms with van der Waals surface area (Å²) in [5.74, 6) is -0.953. The number of aliphatic hydroxyl groups is 1. The molecule has 1 unspecified atom stereocenters. The van der Waals surface area contributed by atoms with Crippen LogP contribution in [0.4, 0.5) is 0 Å². The molecule has 0 aliphatic rings. The second-order valence-electron chi connectivity index (χ2n) is 15.1. The highest BCUT2D eigenvalue weighted by Crippen LogP contribution is 2.38. The first-order chi connectivity index (χ1) is 27.4. The largest absolute Gasteiger partial charge is 0.756 e. The van der Waals surface area contributed by atoms with Crippen LogP contribution in [0.15, 0.2) is 85.1 Å².